The molecule has 2 rings (SSSR count). The van der Waals surface area contributed by atoms with Gasteiger partial charge >= 0.3 is 0 Å². The van der Waals surface area contributed by atoms with Gasteiger partial charge in [-0.1, -0.05) is 49.3 Å². The molecule has 0 aliphatic heterocycles. The fourth-order valence-corrected chi connectivity index (χ4v) is 2.80. The van der Waals surface area contributed by atoms with Crippen molar-refractivity contribution in [1.82, 2.24) is 14.8 Å². The topological polar surface area (TPSA) is 30.7 Å². The van der Waals surface area contributed by atoms with Crippen LogP contribution in [0.25, 0.3) is 0 Å². The highest BCUT2D eigenvalue weighted by Crippen LogP contribution is 2.24. The number of halogens is 1. The van der Waals surface area contributed by atoms with Gasteiger partial charge in [-0.15, -0.1) is 10.2 Å². The standard InChI is InChI=1S/C13H16ClN3S/c1-9(2)12-15-16-13(17(12)3)18-8-10-5-4-6-11(14)7-10/h4-7,9H,8H2,1-3H3. The van der Waals surface area contributed by atoms with Crippen LogP contribution in [0.5, 0.6) is 0 Å². The van der Waals surface area contributed by atoms with Gasteiger partial charge in [0, 0.05) is 23.7 Å². The molecule has 0 saturated carbocycles. The van der Waals surface area contributed by atoms with Gasteiger partial charge in [0.25, 0.3) is 0 Å². The number of thioether (sulfide) groups is 1. The molecule has 0 spiro atoms. The van der Waals surface area contributed by atoms with Crippen molar-refractivity contribution < 1.29 is 0 Å². The summed E-state index contributed by atoms with van der Waals surface area (Å²) in [7, 11) is 2.01. The van der Waals surface area contributed by atoms with Crippen LogP contribution in [-0.4, -0.2) is 14.8 Å². The first-order valence-electron chi connectivity index (χ1n) is 5.84. The third-order valence-electron chi connectivity index (χ3n) is 2.64. The van der Waals surface area contributed by atoms with Crippen LogP contribution in [0, 0.1) is 0 Å². The quantitative estimate of drug-likeness (QED) is 0.797. The molecule has 0 N–H and O–H groups in total. The molecule has 0 aliphatic rings. The van der Waals surface area contributed by atoms with Gasteiger partial charge in [-0.3, -0.25) is 0 Å². The van der Waals surface area contributed by atoms with E-state index in [1.807, 2.05) is 25.2 Å². The first kappa shape index (κ1) is 13.4. The fourth-order valence-electron chi connectivity index (χ4n) is 1.73. The van der Waals surface area contributed by atoms with E-state index in [1.54, 1.807) is 11.8 Å². The zero-order valence-corrected chi connectivity index (χ0v) is 12.3. The third kappa shape index (κ3) is 3.06. The van der Waals surface area contributed by atoms with E-state index < -0.39 is 0 Å². The highest BCUT2D eigenvalue weighted by molar-refractivity contribution is 7.98. The van der Waals surface area contributed by atoms with Crippen LogP contribution in [0.3, 0.4) is 0 Å². The van der Waals surface area contributed by atoms with Crippen molar-refractivity contribution in [2.24, 2.45) is 7.05 Å². The SMILES string of the molecule is CC(C)c1nnc(SCc2cccc(Cl)c2)n1C. The maximum atomic E-state index is 5.96. The highest BCUT2D eigenvalue weighted by Gasteiger charge is 2.11. The van der Waals surface area contributed by atoms with Crippen molar-refractivity contribution in [1.29, 1.82) is 0 Å². The van der Waals surface area contributed by atoms with Crippen LogP contribution in [0.1, 0.15) is 31.2 Å². The maximum absolute atomic E-state index is 5.96. The minimum absolute atomic E-state index is 0.392. The molecule has 3 nitrogen and oxygen atoms in total. The Bertz CT molecular complexity index is 537. The molecule has 0 radical (unpaired) electrons. The van der Waals surface area contributed by atoms with Crippen LogP contribution >= 0.6 is 23.4 Å². The first-order valence-corrected chi connectivity index (χ1v) is 7.21. The summed E-state index contributed by atoms with van der Waals surface area (Å²) in [5, 5.41) is 10.1. The van der Waals surface area contributed by atoms with Crippen molar-refractivity contribution in [2.45, 2.75) is 30.7 Å². The lowest BCUT2D eigenvalue weighted by atomic mass is 10.2. The summed E-state index contributed by atoms with van der Waals surface area (Å²) in [6.07, 6.45) is 0. The van der Waals surface area contributed by atoms with Crippen molar-refractivity contribution in [3.8, 4) is 0 Å². The molecule has 0 amide bonds. The molecular formula is C13H16ClN3S. The molecule has 0 unspecified atom stereocenters. The van der Waals surface area contributed by atoms with E-state index in [1.165, 1.54) is 5.56 Å². The molecule has 18 heavy (non-hydrogen) atoms. The normalized spacial score (nSPS) is 11.2. The van der Waals surface area contributed by atoms with Gasteiger partial charge < -0.3 is 4.57 Å². The first-order chi connectivity index (χ1) is 8.58. The average molecular weight is 282 g/mol. The molecule has 2 aromatic rings. The predicted octanol–water partition coefficient (Wildman–Crippen LogP) is 3.88. The summed E-state index contributed by atoms with van der Waals surface area (Å²) >= 11 is 7.64. The van der Waals surface area contributed by atoms with Gasteiger partial charge in [-0.05, 0) is 17.7 Å². The van der Waals surface area contributed by atoms with Gasteiger partial charge in [0.15, 0.2) is 5.16 Å². The number of hydrogen-bond acceptors (Lipinski definition) is 3. The minimum Gasteiger partial charge on any atom is -0.309 e. The van der Waals surface area contributed by atoms with Gasteiger partial charge in [-0.2, -0.15) is 0 Å². The summed E-state index contributed by atoms with van der Waals surface area (Å²) in [6.45, 7) is 4.24. The number of rotatable bonds is 4. The van der Waals surface area contributed by atoms with Gasteiger partial charge in [0.1, 0.15) is 5.82 Å². The van der Waals surface area contributed by atoms with Crippen LogP contribution in [0.4, 0.5) is 0 Å². The largest absolute Gasteiger partial charge is 0.309 e. The van der Waals surface area contributed by atoms with Crippen LogP contribution < -0.4 is 0 Å². The number of nitrogens with zero attached hydrogens (tertiary/aromatic N) is 3. The third-order valence-corrected chi connectivity index (χ3v) is 3.97. The number of hydrogen-bond donors (Lipinski definition) is 0. The van der Waals surface area contributed by atoms with Gasteiger partial charge in [-0.25, -0.2) is 0 Å². The molecule has 1 heterocycles. The van der Waals surface area contributed by atoms with Crippen molar-refractivity contribution in [3.63, 3.8) is 0 Å². The summed E-state index contributed by atoms with van der Waals surface area (Å²) in [6, 6.07) is 7.90. The Balaban J connectivity index is 2.07. The summed E-state index contributed by atoms with van der Waals surface area (Å²) < 4.78 is 2.06. The monoisotopic (exact) mass is 281 g/mol. The molecule has 1 aromatic carbocycles. The van der Waals surface area contributed by atoms with E-state index in [0.717, 1.165) is 21.8 Å². The molecular weight excluding hydrogens is 266 g/mol. The smallest absolute Gasteiger partial charge is 0.191 e. The van der Waals surface area contributed by atoms with Crippen molar-refractivity contribution in [2.75, 3.05) is 0 Å². The fraction of sp³-hybridized carbons (Fsp3) is 0.385. The predicted molar refractivity (Wildman–Crippen MR) is 76.1 cm³/mol. The van der Waals surface area contributed by atoms with E-state index >= 15 is 0 Å². The van der Waals surface area contributed by atoms with E-state index in [-0.39, 0.29) is 0 Å². The van der Waals surface area contributed by atoms with E-state index in [9.17, 15) is 0 Å². The molecule has 5 heteroatoms. The Morgan fingerprint density at radius 3 is 2.72 bits per heavy atom. The van der Waals surface area contributed by atoms with E-state index in [2.05, 4.69) is 34.7 Å². The molecule has 0 atom stereocenters. The lowest BCUT2D eigenvalue weighted by Crippen LogP contribution is -2.00. The molecule has 0 fully saturated rings. The Morgan fingerprint density at radius 1 is 1.33 bits per heavy atom. The second-order valence-electron chi connectivity index (χ2n) is 4.47. The summed E-state index contributed by atoms with van der Waals surface area (Å²) in [4.78, 5) is 0. The second-order valence-corrected chi connectivity index (χ2v) is 5.85. The van der Waals surface area contributed by atoms with Crippen LogP contribution in [0.2, 0.25) is 5.02 Å². The summed E-state index contributed by atoms with van der Waals surface area (Å²) in [5.74, 6) is 2.26. The van der Waals surface area contributed by atoms with E-state index in [4.69, 9.17) is 11.6 Å². The molecule has 0 saturated heterocycles. The van der Waals surface area contributed by atoms with Crippen LogP contribution in [0.15, 0.2) is 29.4 Å². The molecule has 1 aromatic heterocycles. The van der Waals surface area contributed by atoms with Crippen molar-refractivity contribution in [3.05, 3.63) is 40.7 Å². The van der Waals surface area contributed by atoms with Crippen molar-refractivity contribution >= 4 is 23.4 Å². The van der Waals surface area contributed by atoms with Gasteiger partial charge in [0.05, 0.1) is 0 Å². The second kappa shape index (κ2) is 5.76. The Morgan fingerprint density at radius 2 is 2.11 bits per heavy atom. The minimum atomic E-state index is 0.392. The zero-order valence-electron chi connectivity index (χ0n) is 10.7. The average Bonchev–Trinajstić information content (AvgIpc) is 2.68. The number of aromatic nitrogens is 3. The summed E-state index contributed by atoms with van der Waals surface area (Å²) in [5.41, 5.74) is 1.20. The number of benzene rings is 1. The maximum Gasteiger partial charge on any atom is 0.191 e. The van der Waals surface area contributed by atoms with Gasteiger partial charge in [0.2, 0.25) is 0 Å². The molecule has 96 valence electrons. The molecule has 0 bridgehead atoms. The van der Waals surface area contributed by atoms with Crippen LogP contribution in [-0.2, 0) is 12.8 Å². The Hall–Kier alpha value is -1.00. The Kier molecular flexibility index (Phi) is 4.30. The zero-order chi connectivity index (χ0) is 13.1. The molecule has 0 aliphatic carbocycles. The highest BCUT2D eigenvalue weighted by atomic mass is 35.5. The lowest BCUT2D eigenvalue weighted by Gasteiger charge is -2.06. The van der Waals surface area contributed by atoms with E-state index in [0.29, 0.717) is 5.92 Å². The Labute approximate surface area is 117 Å². The lowest BCUT2D eigenvalue weighted by molar-refractivity contribution is 0.680.